The topological polar surface area (TPSA) is 37.3 Å². The van der Waals surface area contributed by atoms with Gasteiger partial charge < -0.3 is 5.11 Å². The largest absolute Gasteiger partial charge is 0.481 e. The Morgan fingerprint density at radius 1 is 0.909 bits per heavy atom. The van der Waals surface area contributed by atoms with Crippen molar-refractivity contribution >= 4 is 14.0 Å². The van der Waals surface area contributed by atoms with E-state index in [9.17, 15) is 4.79 Å². The van der Waals surface area contributed by atoms with E-state index < -0.39 is 14.0 Å². The summed E-state index contributed by atoms with van der Waals surface area (Å²) >= 11 is 0. The molecule has 0 saturated heterocycles. The van der Waals surface area contributed by atoms with Crippen LogP contribution in [0.1, 0.15) is 52.7 Å². The summed E-state index contributed by atoms with van der Waals surface area (Å²) in [6.45, 7) is 14.4. The average molecular weight is 321 g/mol. The lowest BCUT2D eigenvalue weighted by Gasteiger charge is -2.43. The Labute approximate surface area is 137 Å². The molecular formula is C19H32O2Si. The van der Waals surface area contributed by atoms with Crippen LogP contribution in [0.25, 0.3) is 0 Å². The summed E-state index contributed by atoms with van der Waals surface area (Å²) in [4.78, 5) is 10.7. The summed E-state index contributed by atoms with van der Waals surface area (Å²) in [6.07, 6.45) is 1.23. The van der Waals surface area contributed by atoms with Gasteiger partial charge in [0.2, 0.25) is 0 Å². The third-order valence-corrected chi connectivity index (χ3v) is 13.0. The minimum atomic E-state index is -1.34. The maximum absolute atomic E-state index is 10.7. The monoisotopic (exact) mass is 320 g/mol. The Kier molecular flexibility index (Phi) is 6.85. The highest BCUT2D eigenvalue weighted by molar-refractivity contribution is 6.83. The van der Waals surface area contributed by atoms with Crippen molar-refractivity contribution in [1.82, 2.24) is 0 Å². The van der Waals surface area contributed by atoms with Crippen LogP contribution in [0, 0.1) is 0 Å². The van der Waals surface area contributed by atoms with Gasteiger partial charge in [0.1, 0.15) is 0 Å². The lowest BCUT2D eigenvalue weighted by atomic mass is 10.1. The van der Waals surface area contributed by atoms with Gasteiger partial charge in [0, 0.05) is 0 Å². The molecule has 0 radical (unpaired) electrons. The fourth-order valence-electron chi connectivity index (χ4n) is 4.23. The van der Waals surface area contributed by atoms with E-state index in [1.807, 2.05) is 12.1 Å². The number of aliphatic carboxylic acids is 1. The van der Waals surface area contributed by atoms with Gasteiger partial charge in [-0.15, -0.1) is 0 Å². The lowest BCUT2D eigenvalue weighted by molar-refractivity contribution is -0.136. The Morgan fingerprint density at radius 2 is 1.32 bits per heavy atom. The zero-order chi connectivity index (χ0) is 16.9. The van der Waals surface area contributed by atoms with Gasteiger partial charge in [-0.05, 0) is 17.5 Å². The molecule has 0 saturated carbocycles. The van der Waals surface area contributed by atoms with Crippen molar-refractivity contribution in [1.29, 1.82) is 0 Å². The summed E-state index contributed by atoms with van der Waals surface area (Å²) in [5.74, 6) is -0.765. The number of hydrogen-bond acceptors (Lipinski definition) is 1. The molecular weight excluding hydrogens is 288 g/mol. The van der Waals surface area contributed by atoms with Gasteiger partial charge in [0.25, 0.3) is 0 Å². The molecule has 0 fully saturated rings. The number of aryl methyl sites for hydroxylation is 1. The predicted molar refractivity (Wildman–Crippen MR) is 97.3 cm³/mol. The zero-order valence-corrected chi connectivity index (χ0v) is 16.0. The molecule has 1 aromatic rings. The quantitative estimate of drug-likeness (QED) is 0.639. The molecule has 2 nitrogen and oxygen atoms in total. The second kappa shape index (κ2) is 7.96. The van der Waals surface area contributed by atoms with Gasteiger partial charge in [0.05, 0.1) is 14.5 Å². The average Bonchev–Trinajstić information content (AvgIpc) is 2.39. The highest BCUT2D eigenvalue weighted by Gasteiger charge is 2.41. The normalized spacial score (nSPS) is 12.4. The third-order valence-electron chi connectivity index (χ3n) is 5.45. The van der Waals surface area contributed by atoms with Gasteiger partial charge in [-0.1, -0.05) is 88.5 Å². The third kappa shape index (κ3) is 4.45. The van der Waals surface area contributed by atoms with Crippen LogP contribution in [0.15, 0.2) is 24.3 Å². The molecule has 0 unspecified atom stereocenters. The molecule has 0 bridgehead atoms. The van der Waals surface area contributed by atoms with Crippen LogP contribution >= 0.6 is 0 Å². The summed E-state index contributed by atoms with van der Waals surface area (Å²) in [5.41, 5.74) is 4.60. The van der Waals surface area contributed by atoms with E-state index in [2.05, 4.69) is 53.7 Å². The smallest absolute Gasteiger partial charge is 0.307 e. The summed E-state index contributed by atoms with van der Waals surface area (Å²) in [5, 5.41) is 8.84. The molecule has 1 N–H and O–H groups in total. The molecule has 124 valence electrons. The number of rotatable bonds is 8. The van der Waals surface area contributed by atoms with Crippen molar-refractivity contribution in [3.05, 3.63) is 35.4 Å². The van der Waals surface area contributed by atoms with Crippen molar-refractivity contribution < 1.29 is 9.90 Å². The predicted octanol–water partition coefficient (Wildman–Crippen LogP) is 5.54. The molecule has 0 aliphatic rings. The lowest BCUT2D eigenvalue weighted by Crippen LogP contribution is -2.44. The minimum absolute atomic E-state index is 0.114. The van der Waals surface area contributed by atoms with Crippen molar-refractivity contribution in [2.45, 2.75) is 77.1 Å². The molecule has 22 heavy (non-hydrogen) atoms. The zero-order valence-electron chi connectivity index (χ0n) is 15.0. The summed E-state index contributed by atoms with van der Waals surface area (Å²) < 4.78 is 0. The fourth-order valence-corrected chi connectivity index (χ4v) is 10.7. The summed E-state index contributed by atoms with van der Waals surface area (Å²) in [6, 6.07) is 9.47. The van der Waals surface area contributed by atoms with E-state index in [0.29, 0.717) is 0 Å². The molecule has 1 rings (SSSR count). The maximum Gasteiger partial charge on any atom is 0.307 e. The van der Waals surface area contributed by atoms with E-state index in [-0.39, 0.29) is 6.42 Å². The summed E-state index contributed by atoms with van der Waals surface area (Å²) in [7, 11) is -1.34. The second-order valence-corrected chi connectivity index (χ2v) is 13.7. The van der Waals surface area contributed by atoms with E-state index in [1.54, 1.807) is 0 Å². The first kappa shape index (κ1) is 19.0. The maximum atomic E-state index is 10.7. The van der Waals surface area contributed by atoms with Crippen LogP contribution in [0.2, 0.25) is 22.7 Å². The van der Waals surface area contributed by atoms with E-state index in [4.69, 9.17) is 5.11 Å². The van der Waals surface area contributed by atoms with Crippen molar-refractivity contribution in [2.75, 3.05) is 0 Å². The first-order valence-corrected chi connectivity index (χ1v) is 10.9. The van der Waals surface area contributed by atoms with Gasteiger partial charge >= 0.3 is 5.97 Å². The number of carbonyl (C=O) groups is 1. The molecule has 1 aromatic carbocycles. The van der Waals surface area contributed by atoms with Crippen LogP contribution < -0.4 is 0 Å². The first-order valence-electron chi connectivity index (χ1n) is 8.49. The van der Waals surface area contributed by atoms with E-state index in [0.717, 1.165) is 28.6 Å². The molecule has 0 heterocycles. The van der Waals surface area contributed by atoms with E-state index >= 15 is 0 Å². The van der Waals surface area contributed by atoms with Gasteiger partial charge in [-0.25, -0.2) is 0 Å². The second-order valence-electron chi connectivity index (χ2n) is 7.46. The highest BCUT2D eigenvalue weighted by Crippen LogP contribution is 2.45. The molecule has 0 aliphatic carbocycles. The number of carboxylic acids is 1. The van der Waals surface area contributed by atoms with Gasteiger partial charge in [-0.3, -0.25) is 4.79 Å². The van der Waals surface area contributed by atoms with Crippen LogP contribution in [0.3, 0.4) is 0 Å². The van der Waals surface area contributed by atoms with Crippen LogP contribution in [0.4, 0.5) is 0 Å². The molecule has 0 spiro atoms. The Bertz CT molecular complexity index is 453. The Morgan fingerprint density at radius 3 is 1.68 bits per heavy atom. The molecule has 0 aromatic heterocycles. The van der Waals surface area contributed by atoms with Gasteiger partial charge in [0.15, 0.2) is 0 Å². The first-order chi connectivity index (χ1) is 10.2. The van der Waals surface area contributed by atoms with Crippen LogP contribution in [0.5, 0.6) is 0 Å². The fraction of sp³-hybridized carbons (Fsp3) is 0.632. The highest BCUT2D eigenvalue weighted by atomic mass is 28.3. The molecule has 3 heteroatoms. The van der Waals surface area contributed by atoms with Crippen LogP contribution in [-0.2, 0) is 17.6 Å². The SMILES string of the molecule is CC(C)[Si](CCc1ccc(CC(=O)O)cc1)(C(C)C)C(C)C. The number of hydrogen-bond donors (Lipinski definition) is 1. The Balaban J connectivity index is 2.83. The van der Waals surface area contributed by atoms with Crippen molar-refractivity contribution in [2.24, 2.45) is 0 Å². The van der Waals surface area contributed by atoms with Crippen molar-refractivity contribution in [3.63, 3.8) is 0 Å². The van der Waals surface area contributed by atoms with Crippen LogP contribution in [-0.4, -0.2) is 19.1 Å². The standard InChI is InChI=1S/C19H32O2Si/c1-14(2)22(15(3)4,16(5)6)12-11-17-7-9-18(10-8-17)13-19(20)21/h7-10,14-16H,11-13H2,1-6H3,(H,20,21). The number of carboxylic acid groups (broad SMARTS) is 1. The van der Waals surface area contributed by atoms with E-state index in [1.165, 1.54) is 11.6 Å². The Hall–Kier alpha value is -1.09. The molecule has 0 atom stereocenters. The molecule has 0 aliphatic heterocycles. The number of benzene rings is 1. The minimum Gasteiger partial charge on any atom is -0.481 e. The van der Waals surface area contributed by atoms with Crippen molar-refractivity contribution in [3.8, 4) is 0 Å². The molecule has 0 amide bonds. The van der Waals surface area contributed by atoms with Gasteiger partial charge in [-0.2, -0.15) is 0 Å².